The maximum atomic E-state index is 13.2. The SMILES string of the molecule is C[C@H](CCC(=O)N1CCN(c2cnn(C)c2)CC1)[C@H]1CC[C@H]2[C@@H]3CC=C4C[C@@H](O)CC[C@]4(C)[C@H]3CC[C@]12C. The van der Waals surface area contributed by atoms with E-state index in [1.54, 1.807) is 5.57 Å². The van der Waals surface area contributed by atoms with Gasteiger partial charge in [0.25, 0.3) is 0 Å². The average molecular weight is 523 g/mol. The predicted molar refractivity (Wildman–Crippen MR) is 152 cm³/mol. The number of aromatic nitrogens is 2. The quantitative estimate of drug-likeness (QED) is 0.524. The number of nitrogens with zero attached hydrogens (tertiary/aromatic N) is 4. The highest BCUT2D eigenvalue weighted by Crippen LogP contribution is 2.67. The van der Waals surface area contributed by atoms with Crippen LogP contribution in [0.4, 0.5) is 5.69 Å². The summed E-state index contributed by atoms with van der Waals surface area (Å²) in [6.07, 6.45) is 17.8. The molecule has 0 aromatic carbocycles. The van der Waals surface area contributed by atoms with Crippen LogP contribution in [0.25, 0.3) is 0 Å². The van der Waals surface area contributed by atoms with Crippen molar-refractivity contribution in [3.8, 4) is 0 Å². The molecule has 6 nitrogen and oxygen atoms in total. The number of aryl methyl sites for hydroxylation is 1. The molecule has 1 aromatic heterocycles. The first-order chi connectivity index (χ1) is 18.2. The van der Waals surface area contributed by atoms with Crippen LogP contribution >= 0.6 is 0 Å². The molecule has 1 aliphatic heterocycles. The van der Waals surface area contributed by atoms with Gasteiger partial charge in [-0.15, -0.1) is 0 Å². The Morgan fingerprint density at radius 3 is 2.63 bits per heavy atom. The Kier molecular flexibility index (Phi) is 6.93. The molecule has 0 radical (unpaired) electrons. The standard InChI is InChI=1S/C32H50N4O2/c1-22(5-10-30(38)36-17-15-35(16-18-36)24-20-33-34(4)21-24)27-8-9-28-26-7-6-23-19-25(37)11-13-31(23,2)29(26)12-14-32(27,28)3/h6,20-22,25-29,37H,5,7-19H2,1-4H3/t22-,25+,26+,27-,28+,29+,31+,32-/m1/s1. The van der Waals surface area contributed by atoms with Crippen molar-refractivity contribution in [2.75, 3.05) is 31.1 Å². The number of aliphatic hydroxyl groups is 1. The second-order valence-electron chi connectivity index (χ2n) is 14.1. The second-order valence-corrected chi connectivity index (χ2v) is 14.1. The van der Waals surface area contributed by atoms with Gasteiger partial charge in [0.2, 0.25) is 5.91 Å². The lowest BCUT2D eigenvalue weighted by atomic mass is 9.47. The molecule has 1 amide bonds. The molecule has 4 fully saturated rings. The summed E-state index contributed by atoms with van der Waals surface area (Å²) >= 11 is 0. The number of fused-ring (bicyclic) bond motifs is 5. The smallest absolute Gasteiger partial charge is 0.222 e. The first-order valence-electron chi connectivity index (χ1n) is 15.6. The highest BCUT2D eigenvalue weighted by Gasteiger charge is 2.59. The van der Waals surface area contributed by atoms with Crippen LogP contribution in [0.1, 0.15) is 85.0 Å². The second kappa shape index (κ2) is 9.98. The predicted octanol–water partition coefficient (Wildman–Crippen LogP) is 5.42. The monoisotopic (exact) mass is 522 g/mol. The molecular weight excluding hydrogens is 472 g/mol. The van der Waals surface area contributed by atoms with E-state index >= 15 is 0 Å². The Morgan fingerprint density at radius 1 is 1.11 bits per heavy atom. The number of anilines is 1. The van der Waals surface area contributed by atoms with Crippen molar-refractivity contribution in [1.29, 1.82) is 0 Å². The zero-order chi connectivity index (χ0) is 26.7. The lowest BCUT2D eigenvalue weighted by Crippen LogP contribution is -2.51. The topological polar surface area (TPSA) is 61.6 Å². The van der Waals surface area contributed by atoms with E-state index in [9.17, 15) is 9.90 Å². The van der Waals surface area contributed by atoms with Gasteiger partial charge >= 0.3 is 0 Å². The number of rotatable bonds is 5. The van der Waals surface area contributed by atoms with Crippen LogP contribution in [-0.4, -0.2) is 58.0 Å². The fourth-order valence-corrected chi connectivity index (χ4v) is 10.1. The molecule has 6 heteroatoms. The molecule has 38 heavy (non-hydrogen) atoms. The van der Waals surface area contributed by atoms with E-state index in [0.717, 1.165) is 74.8 Å². The molecule has 8 atom stereocenters. The molecule has 3 saturated carbocycles. The maximum Gasteiger partial charge on any atom is 0.222 e. The Bertz CT molecular complexity index is 1060. The Hall–Kier alpha value is -1.82. The fraction of sp³-hybridized carbons (Fsp3) is 0.812. The van der Waals surface area contributed by atoms with Crippen LogP contribution in [0.3, 0.4) is 0 Å². The van der Waals surface area contributed by atoms with Crippen molar-refractivity contribution in [2.45, 2.75) is 91.1 Å². The molecule has 4 aliphatic carbocycles. The summed E-state index contributed by atoms with van der Waals surface area (Å²) in [6, 6.07) is 0. The third-order valence-corrected chi connectivity index (χ3v) is 12.3. The molecule has 2 heterocycles. The number of amides is 1. The van der Waals surface area contributed by atoms with Crippen molar-refractivity contribution >= 4 is 11.6 Å². The summed E-state index contributed by atoms with van der Waals surface area (Å²) < 4.78 is 1.85. The largest absolute Gasteiger partial charge is 0.393 e. The summed E-state index contributed by atoms with van der Waals surface area (Å²) in [4.78, 5) is 17.6. The molecule has 0 unspecified atom stereocenters. The van der Waals surface area contributed by atoms with E-state index in [1.807, 2.05) is 17.9 Å². The van der Waals surface area contributed by atoms with E-state index in [2.05, 4.69) is 47.9 Å². The van der Waals surface area contributed by atoms with Crippen molar-refractivity contribution in [3.05, 3.63) is 24.0 Å². The van der Waals surface area contributed by atoms with E-state index in [-0.39, 0.29) is 6.10 Å². The van der Waals surface area contributed by atoms with E-state index in [0.29, 0.717) is 29.1 Å². The third-order valence-electron chi connectivity index (χ3n) is 12.3. The first-order valence-corrected chi connectivity index (χ1v) is 15.6. The highest BCUT2D eigenvalue weighted by atomic mass is 16.3. The molecule has 1 saturated heterocycles. The van der Waals surface area contributed by atoms with Gasteiger partial charge in [0, 0.05) is 45.8 Å². The molecule has 0 bridgehead atoms. The van der Waals surface area contributed by atoms with Crippen molar-refractivity contribution in [3.63, 3.8) is 0 Å². The fourth-order valence-electron chi connectivity index (χ4n) is 10.1. The van der Waals surface area contributed by atoms with Gasteiger partial charge in [0.05, 0.1) is 18.0 Å². The molecule has 5 aliphatic rings. The van der Waals surface area contributed by atoms with Gasteiger partial charge in [0.1, 0.15) is 0 Å². The molecule has 1 aromatic rings. The van der Waals surface area contributed by atoms with Gasteiger partial charge < -0.3 is 14.9 Å². The summed E-state index contributed by atoms with van der Waals surface area (Å²) in [5, 5.41) is 14.6. The molecule has 6 rings (SSSR count). The van der Waals surface area contributed by atoms with Crippen LogP contribution in [0, 0.1) is 40.4 Å². The lowest BCUT2D eigenvalue weighted by molar-refractivity contribution is -0.132. The average Bonchev–Trinajstić information content (AvgIpc) is 3.50. The molecule has 0 spiro atoms. The summed E-state index contributed by atoms with van der Waals surface area (Å²) in [5.41, 5.74) is 3.48. The third kappa shape index (κ3) is 4.43. The van der Waals surface area contributed by atoms with Crippen LogP contribution in [-0.2, 0) is 11.8 Å². The Morgan fingerprint density at radius 2 is 1.89 bits per heavy atom. The maximum absolute atomic E-state index is 13.2. The van der Waals surface area contributed by atoms with Crippen LogP contribution in [0.15, 0.2) is 24.0 Å². The van der Waals surface area contributed by atoms with Crippen molar-refractivity contribution in [2.24, 2.45) is 47.5 Å². The van der Waals surface area contributed by atoms with Gasteiger partial charge in [-0.2, -0.15) is 5.10 Å². The van der Waals surface area contributed by atoms with Gasteiger partial charge in [-0.1, -0.05) is 32.4 Å². The first kappa shape index (κ1) is 26.4. The number of allylic oxidation sites excluding steroid dienone is 1. The Labute approximate surface area is 229 Å². The van der Waals surface area contributed by atoms with E-state index in [1.165, 1.54) is 38.5 Å². The van der Waals surface area contributed by atoms with Crippen LogP contribution < -0.4 is 4.90 Å². The molecule has 210 valence electrons. The van der Waals surface area contributed by atoms with Crippen molar-refractivity contribution in [1.82, 2.24) is 14.7 Å². The minimum atomic E-state index is -0.121. The van der Waals surface area contributed by atoms with E-state index < -0.39 is 0 Å². The minimum absolute atomic E-state index is 0.121. The number of aliphatic hydroxyl groups excluding tert-OH is 1. The minimum Gasteiger partial charge on any atom is -0.393 e. The van der Waals surface area contributed by atoms with Gasteiger partial charge in [-0.3, -0.25) is 9.48 Å². The van der Waals surface area contributed by atoms with E-state index in [4.69, 9.17) is 0 Å². The van der Waals surface area contributed by atoms with Crippen LogP contribution in [0.5, 0.6) is 0 Å². The van der Waals surface area contributed by atoms with Crippen molar-refractivity contribution < 1.29 is 9.90 Å². The van der Waals surface area contributed by atoms with Gasteiger partial charge in [-0.05, 0) is 98.2 Å². The number of piperazine rings is 1. The number of hydrogen-bond acceptors (Lipinski definition) is 4. The number of hydrogen-bond donors (Lipinski definition) is 1. The zero-order valence-corrected chi connectivity index (χ0v) is 24.2. The Balaban J connectivity index is 1.04. The van der Waals surface area contributed by atoms with Crippen LogP contribution in [0.2, 0.25) is 0 Å². The lowest BCUT2D eigenvalue weighted by Gasteiger charge is -2.58. The summed E-state index contributed by atoms with van der Waals surface area (Å²) in [6.45, 7) is 11.0. The summed E-state index contributed by atoms with van der Waals surface area (Å²) in [7, 11) is 1.95. The summed E-state index contributed by atoms with van der Waals surface area (Å²) in [5.74, 6) is 4.14. The normalized spacial score (nSPS) is 39.7. The highest BCUT2D eigenvalue weighted by molar-refractivity contribution is 5.76. The number of carbonyl (C=O) groups excluding carboxylic acids is 1. The zero-order valence-electron chi connectivity index (χ0n) is 24.2. The molecule has 1 N–H and O–H groups in total. The van der Waals surface area contributed by atoms with Gasteiger partial charge in [0.15, 0.2) is 0 Å². The number of carbonyl (C=O) groups is 1. The van der Waals surface area contributed by atoms with Gasteiger partial charge in [-0.25, -0.2) is 0 Å². The molecular formula is C32H50N4O2.